The van der Waals surface area contributed by atoms with Gasteiger partial charge in [-0.15, -0.1) is 10.2 Å². The minimum atomic E-state index is 0.481. The van der Waals surface area contributed by atoms with Gasteiger partial charge in [0.25, 0.3) is 0 Å². The summed E-state index contributed by atoms with van der Waals surface area (Å²) in [5, 5.41) is 14.3. The van der Waals surface area contributed by atoms with Crippen molar-refractivity contribution in [3.63, 3.8) is 0 Å². The molecule has 0 aliphatic heterocycles. The Balaban J connectivity index is 1.51. The Morgan fingerprint density at radius 2 is 1.72 bits per heavy atom. The van der Waals surface area contributed by atoms with Crippen LogP contribution < -0.4 is 9.47 Å². The zero-order valence-electron chi connectivity index (χ0n) is 20.4. The van der Waals surface area contributed by atoms with Crippen LogP contribution in [-0.2, 0) is 18.8 Å². The summed E-state index contributed by atoms with van der Waals surface area (Å²) in [6.45, 7) is 5.12. The lowest BCUT2D eigenvalue weighted by Crippen LogP contribution is -2.02. The standard InChI is InChI=1S/C28H29BrN4O2S/c1-3-8-27-31-32-28(36-20-22-11-14-24(29)15-12-22)33(27)30-18-23-13-16-25(26(17-23)34-4-2)35-19-21-9-6-5-7-10-21/h5-7,9-18H,3-4,8,19-20H2,1-2H3/b30-18+. The van der Waals surface area contributed by atoms with Crippen molar-refractivity contribution in [2.24, 2.45) is 5.10 Å². The molecule has 3 aromatic carbocycles. The van der Waals surface area contributed by atoms with Gasteiger partial charge < -0.3 is 9.47 Å². The van der Waals surface area contributed by atoms with E-state index in [1.807, 2.05) is 78.5 Å². The summed E-state index contributed by atoms with van der Waals surface area (Å²) < 4.78 is 14.8. The number of aryl methyl sites for hydroxylation is 1. The summed E-state index contributed by atoms with van der Waals surface area (Å²) in [5.41, 5.74) is 3.23. The molecule has 1 aromatic heterocycles. The van der Waals surface area contributed by atoms with Crippen LogP contribution in [0.2, 0.25) is 0 Å². The molecule has 8 heteroatoms. The van der Waals surface area contributed by atoms with Gasteiger partial charge >= 0.3 is 0 Å². The quantitative estimate of drug-likeness (QED) is 0.135. The number of hydrogen-bond acceptors (Lipinski definition) is 6. The maximum Gasteiger partial charge on any atom is 0.212 e. The minimum absolute atomic E-state index is 0.481. The molecule has 0 amide bonds. The molecule has 4 aromatic rings. The molecule has 0 spiro atoms. The van der Waals surface area contributed by atoms with E-state index in [9.17, 15) is 0 Å². The molecule has 0 radical (unpaired) electrons. The van der Waals surface area contributed by atoms with E-state index in [0.29, 0.717) is 24.7 Å². The van der Waals surface area contributed by atoms with Crippen molar-refractivity contribution in [1.29, 1.82) is 0 Å². The summed E-state index contributed by atoms with van der Waals surface area (Å²) >= 11 is 5.11. The van der Waals surface area contributed by atoms with Gasteiger partial charge in [0, 0.05) is 16.6 Å². The molecule has 6 nitrogen and oxygen atoms in total. The highest BCUT2D eigenvalue weighted by molar-refractivity contribution is 9.10. The maximum atomic E-state index is 6.03. The second-order valence-corrected chi connectivity index (χ2v) is 9.89. The number of benzene rings is 3. The fourth-order valence-corrected chi connectivity index (χ4v) is 4.59. The van der Waals surface area contributed by atoms with E-state index in [2.05, 4.69) is 45.2 Å². The molecule has 36 heavy (non-hydrogen) atoms. The van der Waals surface area contributed by atoms with Crippen LogP contribution in [0, 0.1) is 0 Å². The summed E-state index contributed by atoms with van der Waals surface area (Å²) in [5.74, 6) is 3.04. The van der Waals surface area contributed by atoms with Crippen molar-refractivity contribution in [2.75, 3.05) is 6.61 Å². The molecule has 186 valence electrons. The third kappa shape index (κ3) is 7.21. The highest BCUT2D eigenvalue weighted by Gasteiger charge is 2.12. The molecule has 4 rings (SSSR count). The molecule has 0 saturated heterocycles. The van der Waals surface area contributed by atoms with E-state index in [0.717, 1.165) is 45.2 Å². The van der Waals surface area contributed by atoms with E-state index < -0.39 is 0 Å². The number of hydrogen-bond donors (Lipinski definition) is 0. The predicted octanol–water partition coefficient (Wildman–Crippen LogP) is 7.15. The Hall–Kier alpha value is -3.10. The third-order valence-electron chi connectivity index (χ3n) is 5.26. The average molecular weight is 566 g/mol. The lowest BCUT2D eigenvalue weighted by Gasteiger charge is -2.12. The smallest absolute Gasteiger partial charge is 0.212 e. The van der Waals surface area contributed by atoms with E-state index in [1.54, 1.807) is 11.8 Å². The number of halogens is 1. The monoisotopic (exact) mass is 564 g/mol. The fourth-order valence-electron chi connectivity index (χ4n) is 3.46. The lowest BCUT2D eigenvalue weighted by atomic mass is 10.2. The van der Waals surface area contributed by atoms with Crippen LogP contribution in [0.4, 0.5) is 0 Å². The van der Waals surface area contributed by atoms with E-state index in [-0.39, 0.29) is 0 Å². The third-order valence-corrected chi connectivity index (χ3v) is 6.78. The number of nitrogens with zero attached hydrogens (tertiary/aromatic N) is 4. The van der Waals surface area contributed by atoms with Gasteiger partial charge in [0.1, 0.15) is 6.61 Å². The second kappa shape index (κ2) is 13.3. The number of ether oxygens (including phenoxy) is 2. The summed E-state index contributed by atoms with van der Waals surface area (Å²) in [7, 11) is 0. The van der Waals surface area contributed by atoms with Gasteiger partial charge in [-0.3, -0.25) is 0 Å². The van der Waals surface area contributed by atoms with Crippen LogP contribution in [0.25, 0.3) is 0 Å². The number of rotatable bonds is 12. The van der Waals surface area contributed by atoms with Crippen molar-refractivity contribution in [3.05, 3.63) is 99.8 Å². The Bertz CT molecular complexity index is 1280. The molecule has 0 aliphatic carbocycles. The molecular weight excluding hydrogens is 536 g/mol. The van der Waals surface area contributed by atoms with Gasteiger partial charge in [-0.1, -0.05) is 77.1 Å². The summed E-state index contributed by atoms with van der Waals surface area (Å²) in [6, 6.07) is 24.2. The van der Waals surface area contributed by atoms with Crippen molar-refractivity contribution in [1.82, 2.24) is 14.9 Å². The van der Waals surface area contributed by atoms with Crippen molar-refractivity contribution >= 4 is 33.9 Å². The molecular formula is C28H29BrN4O2S. The Morgan fingerprint density at radius 3 is 2.47 bits per heavy atom. The number of thioether (sulfide) groups is 1. The van der Waals surface area contributed by atoms with Gasteiger partial charge in [-0.05, 0) is 60.4 Å². The molecule has 0 fully saturated rings. The largest absolute Gasteiger partial charge is 0.490 e. The topological polar surface area (TPSA) is 61.5 Å². The zero-order chi connectivity index (χ0) is 25.2. The molecule has 0 saturated carbocycles. The Kier molecular flexibility index (Phi) is 9.58. The van der Waals surface area contributed by atoms with Gasteiger partial charge in [0.05, 0.1) is 12.8 Å². The molecule has 0 aliphatic rings. The van der Waals surface area contributed by atoms with Crippen molar-refractivity contribution < 1.29 is 9.47 Å². The Morgan fingerprint density at radius 1 is 0.917 bits per heavy atom. The molecule has 0 bridgehead atoms. The predicted molar refractivity (Wildman–Crippen MR) is 149 cm³/mol. The van der Waals surface area contributed by atoms with Gasteiger partial charge in [0.15, 0.2) is 17.3 Å². The summed E-state index contributed by atoms with van der Waals surface area (Å²) in [4.78, 5) is 0. The van der Waals surface area contributed by atoms with Crippen molar-refractivity contribution in [2.45, 2.75) is 44.2 Å². The van der Waals surface area contributed by atoms with Gasteiger partial charge in [-0.2, -0.15) is 9.78 Å². The van der Waals surface area contributed by atoms with Crippen LogP contribution in [0.5, 0.6) is 11.5 Å². The van der Waals surface area contributed by atoms with Crippen LogP contribution in [0.15, 0.2) is 87.5 Å². The van der Waals surface area contributed by atoms with Gasteiger partial charge in [-0.25, -0.2) is 0 Å². The SMILES string of the molecule is CCCc1nnc(SCc2ccc(Br)cc2)n1/N=C/c1ccc(OCc2ccccc2)c(OCC)c1. The second-order valence-electron chi connectivity index (χ2n) is 8.03. The first-order valence-corrected chi connectivity index (χ1v) is 13.7. The highest BCUT2D eigenvalue weighted by atomic mass is 79.9. The van der Waals surface area contributed by atoms with E-state index >= 15 is 0 Å². The average Bonchev–Trinajstić information content (AvgIpc) is 3.29. The number of aromatic nitrogens is 3. The first-order valence-electron chi connectivity index (χ1n) is 12.0. The minimum Gasteiger partial charge on any atom is -0.490 e. The maximum absolute atomic E-state index is 6.03. The molecule has 0 N–H and O–H groups in total. The first-order chi connectivity index (χ1) is 17.7. The van der Waals surface area contributed by atoms with E-state index in [4.69, 9.17) is 14.6 Å². The van der Waals surface area contributed by atoms with Gasteiger partial charge in [0.2, 0.25) is 5.16 Å². The first kappa shape index (κ1) is 26.0. The fraction of sp³-hybridized carbons (Fsp3) is 0.250. The van der Waals surface area contributed by atoms with Crippen LogP contribution in [0.1, 0.15) is 42.8 Å². The molecule has 0 atom stereocenters. The van der Waals surface area contributed by atoms with E-state index in [1.165, 1.54) is 5.56 Å². The van der Waals surface area contributed by atoms with Crippen LogP contribution >= 0.6 is 27.7 Å². The Labute approximate surface area is 224 Å². The van der Waals surface area contributed by atoms with Crippen LogP contribution in [0.3, 0.4) is 0 Å². The molecule has 0 unspecified atom stereocenters. The lowest BCUT2D eigenvalue weighted by molar-refractivity contribution is 0.269. The summed E-state index contributed by atoms with van der Waals surface area (Å²) in [6.07, 6.45) is 3.59. The molecule has 1 heterocycles. The zero-order valence-corrected chi connectivity index (χ0v) is 22.8. The normalized spacial score (nSPS) is 11.2. The van der Waals surface area contributed by atoms with Crippen LogP contribution in [-0.4, -0.2) is 27.7 Å². The van der Waals surface area contributed by atoms with Crippen molar-refractivity contribution in [3.8, 4) is 11.5 Å². The highest BCUT2D eigenvalue weighted by Crippen LogP contribution is 2.29.